The molecule has 2 heterocycles. The molecule has 0 aromatic carbocycles. The summed E-state index contributed by atoms with van der Waals surface area (Å²) in [5, 5.41) is 9.05. The van der Waals surface area contributed by atoms with Crippen LogP contribution in [-0.2, 0) is 6.61 Å². The fourth-order valence-electron chi connectivity index (χ4n) is 2.97. The van der Waals surface area contributed by atoms with Gasteiger partial charge in [0.05, 0.1) is 11.4 Å². The number of pyridine rings is 2. The van der Waals surface area contributed by atoms with Gasteiger partial charge in [-0.15, -0.1) is 0 Å². The minimum atomic E-state index is 0.280. The number of hydrogen-bond acceptors (Lipinski definition) is 4. The predicted molar refractivity (Wildman–Crippen MR) is 94.6 cm³/mol. The molecule has 0 aliphatic heterocycles. The average Bonchev–Trinajstić information content (AvgIpc) is 2.62. The lowest BCUT2D eigenvalue weighted by atomic mass is 9.86. The van der Waals surface area contributed by atoms with Crippen molar-refractivity contribution in [3.8, 4) is 5.88 Å². The van der Waals surface area contributed by atoms with E-state index in [1.54, 1.807) is 0 Å². The zero-order valence-corrected chi connectivity index (χ0v) is 14.1. The first kappa shape index (κ1) is 16.7. The molecule has 2 aromatic heterocycles. The van der Waals surface area contributed by atoms with Crippen molar-refractivity contribution in [2.24, 2.45) is 5.92 Å². The van der Waals surface area contributed by atoms with E-state index in [0.717, 1.165) is 42.6 Å². The minimum Gasteiger partial charge on any atom is -0.471 e. The first-order valence-corrected chi connectivity index (χ1v) is 8.56. The summed E-state index contributed by atoms with van der Waals surface area (Å²) in [5.41, 5.74) is 4.31. The van der Waals surface area contributed by atoms with Crippen LogP contribution in [0, 0.1) is 12.8 Å². The van der Waals surface area contributed by atoms with Gasteiger partial charge >= 0.3 is 0 Å². The molecule has 0 fully saturated rings. The Morgan fingerprint density at radius 1 is 1.25 bits per heavy atom. The number of nitrogens with zero attached hydrogens (tertiary/aromatic N) is 2. The highest BCUT2D eigenvalue weighted by molar-refractivity contribution is 5.63. The lowest BCUT2D eigenvalue weighted by molar-refractivity contribution is 0.251. The van der Waals surface area contributed by atoms with E-state index in [2.05, 4.69) is 16.0 Å². The van der Waals surface area contributed by atoms with E-state index in [9.17, 15) is 0 Å². The summed E-state index contributed by atoms with van der Waals surface area (Å²) in [5.74, 6) is 1.24. The van der Waals surface area contributed by atoms with Gasteiger partial charge in [0.1, 0.15) is 6.61 Å². The second-order valence-corrected chi connectivity index (χ2v) is 6.36. The molecule has 1 atom stereocenters. The number of ether oxygens (including phenoxy) is 1. The number of aliphatic hydroxyl groups is 1. The van der Waals surface area contributed by atoms with Crippen molar-refractivity contribution >= 4 is 5.57 Å². The summed E-state index contributed by atoms with van der Waals surface area (Å²) in [6.45, 7) is 2.72. The van der Waals surface area contributed by atoms with Crippen LogP contribution >= 0.6 is 0 Å². The molecule has 126 valence electrons. The van der Waals surface area contributed by atoms with Crippen LogP contribution in [0.2, 0.25) is 0 Å². The average molecular weight is 324 g/mol. The summed E-state index contributed by atoms with van der Waals surface area (Å²) in [7, 11) is 0. The monoisotopic (exact) mass is 324 g/mol. The van der Waals surface area contributed by atoms with E-state index in [-0.39, 0.29) is 6.61 Å². The number of aryl methyl sites for hydroxylation is 1. The Morgan fingerprint density at radius 2 is 2.17 bits per heavy atom. The third kappa shape index (κ3) is 4.42. The van der Waals surface area contributed by atoms with E-state index in [4.69, 9.17) is 9.84 Å². The van der Waals surface area contributed by atoms with Gasteiger partial charge in [0.25, 0.3) is 0 Å². The standard InChI is InChI=1S/C20H24N2O2/c1-15-5-10-18(21-13-15)14-24-20-4-2-3-19(22-20)17-8-6-16(7-9-17)11-12-23/h2-5,8,10,13,16,23H,6-7,9,11-12,14H2,1H3. The Bertz CT molecular complexity index is 695. The number of rotatable bonds is 6. The first-order chi connectivity index (χ1) is 11.7. The van der Waals surface area contributed by atoms with Gasteiger partial charge in [0, 0.05) is 18.9 Å². The van der Waals surface area contributed by atoms with E-state index >= 15 is 0 Å². The lowest BCUT2D eigenvalue weighted by Crippen LogP contribution is -2.08. The molecule has 4 heteroatoms. The SMILES string of the molecule is Cc1ccc(COc2cccc(C3=CCC(CCO)CC3)n2)nc1. The zero-order valence-electron chi connectivity index (χ0n) is 14.1. The highest BCUT2D eigenvalue weighted by Gasteiger charge is 2.16. The second kappa shape index (κ2) is 8.06. The smallest absolute Gasteiger partial charge is 0.214 e. The summed E-state index contributed by atoms with van der Waals surface area (Å²) in [6, 6.07) is 9.92. The minimum absolute atomic E-state index is 0.280. The lowest BCUT2D eigenvalue weighted by Gasteiger charge is -2.21. The molecule has 2 aromatic rings. The third-order valence-electron chi connectivity index (χ3n) is 4.45. The Balaban J connectivity index is 1.63. The fraction of sp³-hybridized carbons (Fsp3) is 0.400. The maximum absolute atomic E-state index is 9.05. The van der Waals surface area contributed by atoms with Gasteiger partial charge in [-0.25, -0.2) is 4.98 Å². The van der Waals surface area contributed by atoms with Crippen LogP contribution in [0.1, 0.15) is 42.6 Å². The van der Waals surface area contributed by atoms with E-state index in [1.165, 1.54) is 5.57 Å². The van der Waals surface area contributed by atoms with Crippen LogP contribution in [0.15, 0.2) is 42.6 Å². The van der Waals surface area contributed by atoms with Gasteiger partial charge in [-0.05, 0) is 61.8 Å². The Morgan fingerprint density at radius 3 is 2.88 bits per heavy atom. The van der Waals surface area contributed by atoms with Crippen molar-refractivity contribution in [1.82, 2.24) is 9.97 Å². The van der Waals surface area contributed by atoms with Crippen LogP contribution in [0.5, 0.6) is 5.88 Å². The number of aliphatic hydroxyl groups excluding tert-OH is 1. The fourth-order valence-corrected chi connectivity index (χ4v) is 2.97. The Hall–Kier alpha value is -2.20. The van der Waals surface area contributed by atoms with Gasteiger partial charge < -0.3 is 9.84 Å². The second-order valence-electron chi connectivity index (χ2n) is 6.36. The molecule has 0 amide bonds. The van der Waals surface area contributed by atoms with E-state index in [1.807, 2.05) is 43.5 Å². The molecular formula is C20H24N2O2. The topological polar surface area (TPSA) is 55.2 Å². The quantitative estimate of drug-likeness (QED) is 0.875. The molecule has 0 bridgehead atoms. The van der Waals surface area contributed by atoms with Crippen molar-refractivity contribution in [1.29, 1.82) is 0 Å². The summed E-state index contributed by atoms with van der Waals surface area (Å²) < 4.78 is 5.79. The molecule has 3 rings (SSSR count). The molecule has 0 saturated carbocycles. The molecule has 0 saturated heterocycles. The van der Waals surface area contributed by atoms with Crippen molar-refractivity contribution in [3.63, 3.8) is 0 Å². The largest absolute Gasteiger partial charge is 0.471 e. The number of aromatic nitrogens is 2. The van der Waals surface area contributed by atoms with Gasteiger partial charge in [-0.3, -0.25) is 4.98 Å². The van der Waals surface area contributed by atoms with Crippen LogP contribution < -0.4 is 4.74 Å². The Kier molecular flexibility index (Phi) is 5.59. The van der Waals surface area contributed by atoms with Crippen LogP contribution in [0.4, 0.5) is 0 Å². The van der Waals surface area contributed by atoms with Gasteiger partial charge in [-0.1, -0.05) is 18.2 Å². The summed E-state index contributed by atoms with van der Waals surface area (Å²) in [4.78, 5) is 8.98. The Labute approximate surface area is 143 Å². The van der Waals surface area contributed by atoms with Crippen molar-refractivity contribution < 1.29 is 9.84 Å². The highest BCUT2D eigenvalue weighted by atomic mass is 16.5. The van der Waals surface area contributed by atoms with Crippen molar-refractivity contribution in [2.45, 2.75) is 39.2 Å². The number of allylic oxidation sites excluding steroid dienone is 2. The summed E-state index contributed by atoms with van der Waals surface area (Å²) >= 11 is 0. The normalized spacial score (nSPS) is 17.4. The maximum Gasteiger partial charge on any atom is 0.214 e. The maximum atomic E-state index is 9.05. The third-order valence-corrected chi connectivity index (χ3v) is 4.45. The molecule has 0 spiro atoms. The van der Waals surface area contributed by atoms with Gasteiger partial charge in [-0.2, -0.15) is 0 Å². The molecule has 1 unspecified atom stereocenters. The van der Waals surface area contributed by atoms with E-state index in [0.29, 0.717) is 18.4 Å². The first-order valence-electron chi connectivity index (χ1n) is 8.56. The van der Waals surface area contributed by atoms with E-state index < -0.39 is 0 Å². The molecule has 0 radical (unpaired) electrons. The molecule has 24 heavy (non-hydrogen) atoms. The van der Waals surface area contributed by atoms with Crippen LogP contribution in [0.25, 0.3) is 5.57 Å². The zero-order chi connectivity index (χ0) is 16.8. The molecule has 4 nitrogen and oxygen atoms in total. The highest BCUT2D eigenvalue weighted by Crippen LogP contribution is 2.31. The summed E-state index contributed by atoms with van der Waals surface area (Å²) in [6.07, 6.45) is 8.16. The molecule has 1 N–H and O–H groups in total. The van der Waals surface area contributed by atoms with Crippen molar-refractivity contribution in [2.75, 3.05) is 6.61 Å². The van der Waals surface area contributed by atoms with Crippen LogP contribution in [-0.4, -0.2) is 21.7 Å². The molecular weight excluding hydrogens is 300 g/mol. The van der Waals surface area contributed by atoms with Gasteiger partial charge in [0.15, 0.2) is 0 Å². The molecule has 1 aliphatic rings. The predicted octanol–water partition coefficient (Wildman–Crippen LogP) is 3.93. The van der Waals surface area contributed by atoms with Crippen molar-refractivity contribution in [3.05, 3.63) is 59.6 Å². The van der Waals surface area contributed by atoms with Gasteiger partial charge in [0.2, 0.25) is 5.88 Å². The van der Waals surface area contributed by atoms with Crippen LogP contribution in [0.3, 0.4) is 0 Å². The molecule has 1 aliphatic carbocycles. The number of hydrogen-bond donors (Lipinski definition) is 1.